The fraction of sp³-hybridized carbons (Fsp3) is 0.333. The number of aryl methyl sites for hydroxylation is 1. The molecule has 1 heterocycles. The maximum atomic E-state index is 13.3. The van der Waals surface area contributed by atoms with Gasteiger partial charge in [-0.1, -0.05) is 31.2 Å². The molecule has 1 aliphatic carbocycles. The first-order valence-corrected chi connectivity index (χ1v) is 8.81. The van der Waals surface area contributed by atoms with E-state index in [1.807, 2.05) is 19.1 Å². The van der Waals surface area contributed by atoms with Gasteiger partial charge in [-0.15, -0.1) is 0 Å². The molecular weight excluding hydrogens is 314 g/mol. The Hall–Kier alpha value is -2.46. The molecule has 0 radical (unpaired) electrons. The Bertz CT molecular complexity index is 879. The summed E-state index contributed by atoms with van der Waals surface area (Å²) in [5.74, 6) is -0.0787. The number of hydrogen-bond acceptors (Lipinski definition) is 4. The second kappa shape index (κ2) is 6.12. The van der Waals surface area contributed by atoms with E-state index in [4.69, 9.17) is 4.74 Å². The van der Waals surface area contributed by atoms with E-state index in [9.17, 15) is 9.59 Å². The average molecular weight is 335 g/mol. The van der Waals surface area contributed by atoms with Gasteiger partial charge in [0.05, 0.1) is 18.8 Å². The van der Waals surface area contributed by atoms with E-state index in [2.05, 4.69) is 17.9 Å². The molecular formula is C21H21NO3. The highest BCUT2D eigenvalue weighted by atomic mass is 16.5. The molecule has 1 fully saturated rings. The zero-order chi connectivity index (χ0) is 17.6. The van der Waals surface area contributed by atoms with Gasteiger partial charge in [0.1, 0.15) is 0 Å². The van der Waals surface area contributed by atoms with Crippen molar-refractivity contribution in [2.24, 2.45) is 0 Å². The number of benzene rings is 2. The van der Waals surface area contributed by atoms with Gasteiger partial charge in [0.15, 0.2) is 11.6 Å². The number of carbonyl (C=O) groups is 2. The molecule has 0 unspecified atom stereocenters. The van der Waals surface area contributed by atoms with E-state index < -0.39 is 0 Å². The summed E-state index contributed by atoms with van der Waals surface area (Å²) in [6, 6.07) is 9.24. The third-order valence-corrected chi connectivity index (χ3v) is 5.28. The van der Waals surface area contributed by atoms with Crippen molar-refractivity contribution in [3.05, 3.63) is 63.7 Å². The molecule has 2 aromatic rings. The summed E-state index contributed by atoms with van der Waals surface area (Å²) in [6.45, 7) is 6.80. The van der Waals surface area contributed by atoms with E-state index in [-0.39, 0.29) is 11.6 Å². The molecule has 0 amide bonds. The lowest BCUT2D eigenvalue weighted by molar-refractivity contribution is 0.0977. The zero-order valence-corrected chi connectivity index (χ0v) is 14.6. The van der Waals surface area contributed by atoms with Crippen LogP contribution in [0.4, 0.5) is 5.69 Å². The lowest BCUT2D eigenvalue weighted by atomic mass is 9.79. The van der Waals surface area contributed by atoms with Crippen molar-refractivity contribution in [1.82, 2.24) is 0 Å². The van der Waals surface area contributed by atoms with Crippen molar-refractivity contribution in [1.29, 1.82) is 0 Å². The highest BCUT2D eigenvalue weighted by Crippen LogP contribution is 2.37. The topological polar surface area (TPSA) is 46.6 Å². The van der Waals surface area contributed by atoms with Gasteiger partial charge in [-0.05, 0) is 30.5 Å². The van der Waals surface area contributed by atoms with Gasteiger partial charge in [0.2, 0.25) is 0 Å². The fourth-order valence-corrected chi connectivity index (χ4v) is 3.90. The van der Waals surface area contributed by atoms with E-state index in [1.54, 1.807) is 12.1 Å². The number of ketones is 2. The predicted octanol–water partition coefficient (Wildman–Crippen LogP) is 3.17. The van der Waals surface area contributed by atoms with E-state index >= 15 is 0 Å². The molecule has 2 aromatic carbocycles. The monoisotopic (exact) mass is 335 g/mol. The van der Waals surface area contributed by atoms with Crippen molar-refractivity contribution in [2.75, 3.05) is 31.2 Å². The number of ether oxygens (including phenoxy) is 1. The number of anilines is 1. The quantitative estimate of drug-likeness (QED) is 0.722. The van der Waals surface area contributed by atoms with Crippen LogP contribution in [0.15, 0.2) is 30.3 Å². The predicted molar refractivity (Wildman–Crippen MR) is 96.9 cm³/mol. The smallest absolute Gasteiger partial charge is 0.196 e. The molecule has 1 saturated heterocycles. The van der Waals surface area contributed by atoms with E-state index in [0.717, 1.165) is 36.3 Å². The van der Waals surface area contributed by atoms with Crippen molar-refractivity contribution in [3.63, 3.8) is 0 Å². The molecule has 25 heavy (non-hydrogen) atoms. The molecule has 0 aromatic heterocycles. The molecule has 0 spiro atoms. The maximum Gasteiger partial charge on any atom is 0.196 e. The molecule has 2 aliphatic rings. The summed E-state index contributed by atoms with van der Waals surface area (Å²) in [6.07, 6.45) is 0.833. The van der Waals surface area contributed by atoms with Crippen LogP contribution in [0.1, 0.15) is 49.9 Å². The molecule has 0 bridgehead atoms. The first kappa shape index (κ1) is 16.0. The number of hydrogen-bond donors (Lipinski definition) is 0. The summed E-state index contributed by atoms with van der Waals surface area (Å²) in [4.78, 5) is 28.6. The number of fused-ring (bicyclic) bond motifs is 2. The van der Waals surface area contributed by atoms with Gasteiger partial charge in [-0.2, -0.15) is 0 Å². The average Bonchev–Trinajstić information content (AvgIpc) is 2.66. The first-order valence-electron chi connectivity index (χ1n) is 8.81. The van der Waals surface area contributed by atoms with Gasteiger partial charge in [-0.25, -0.2) is 0 Å². The minimum atomic E-state index is -0.0440. The Morgan fingerprint density at radius 2 is 1.60 bits per heavy atom. The second-order valence-electron chi connectivity index (χ2n) is 6.59. The van der Waals surface area contributed by atoms with Crippen LogP contribution in [-0.4, -0.2) is 37.9 Å². The molecule has 4 rings (SSSR count). The summed E-state index contributed by atoms with van der Waals surface area (Å²) in [5.41, 5.74) is 5.13. The van der Waals surface area contributed by atoms with Crippen LogP contribution < -0.4 is 4.90 Å². The lowest BCUT2D eigenvalue weighted by Crippen LogP contribution is -2.38. The normalized spacial score (nSPS) is 16.6. The van der Waals surface area contributed by atoms with Crippen molar-refractivity contribution in [2.45, 2.75) is 20.3 Å². The molecule has 0 saturated carbocycles. The van der Waals surface area contributed by atoms with Crippen molar-refractivity contribution >= 4 is 17.3 Å². The lowest BCUT2D eigenvalue weighted by Gasteiger charge is -2.33. The van der Waals surface area contributed by atoms with Crippen LogP contribution in [0, 0.1) is 6.92 Å². The molecule has 4 nitrogen and oxygen atoms in total. The third-order valence-electron chi connectivity index (χ3n) is 5.28. The zero-order valence-electron chi connectivity index (χ0n) is 14.6. The van der Waals surface area contributed by atoms with Crippen molar-refractivity contribution < 1.29 is 14.3 Å². The molecule has 0 N–H and O–H groups in total. The minimum Gasteiger partial charge on any atom is -0.378 e. The van der Waals surface area contributed by atoms with Crippen LogP contribution in [0.25, 0.3) is 0 Å². The van der Waals surface area contributed by atoms with Gasteiger partial charge in [0.25, 0.3) is 0 Å². The van der Waals surface area contributed by atoms with Crippen LogP contribution >= 0.6 is 0 Å². The van der Waals surface area contributed by atoms with Crippen LogP contribution in [-0.2, 0) is 11.2 Å². The maximum absolute atomic E-state index is 13.3. The first-order chi connectivity index (χ1) is 12.1. The standard InChI is InChI=1S/C21H21NO3/c1-3-14-12-17(22-8-10-25-11-9-22)19-18(13(14)2)20(23)15-6-4-5-7-16(15)21(19)24/h4-7,12H,3,8-11H2,1-2H3. The van der Waals surface area contributed by atoms with Gasteiger partial charge < -0.3 is 9.64 Å². The van der Waals surface area contributed by atoms with Crippen LogP contribution in [0.3, 0.4) is 0 Å². The number of nitrogens with zero attached hydrogens (tertiary/aromatic N) is 1. The van der Waals surface area contributed by atoms with Gasteiger partial charge in [-0.3, -0.25) is 9.59 Å². The second-order valence-corrected chi connectivity index (χ2v) is 6.59. The molecule has 128 valence electrons. The van der Waals surface area contributed by atoms with Gasteiger partial charge >= 0.3 is 0 Å². The molecule has 0 atom stereocenters. The Kier molecular flexibility index (Phi) is 3.92. The molecule has 1 aliphatic heterocycles. The van der Waals surface area contributed by atoms with Gasteiger partial charge in [0, 0.05) is 35.5 Å². The SMILES string of the molecule is CCc1cc(N2CCOCC2)c2c(c1C)C(=O)c1ccccc1C2=O. The summed E-state index contributed by atoms with van der Waals surface area (Å²) >= 11 is 0. The number of morpholine rings is 1. The Morgan fingerprint density at radius 3 is 2.20 bits per heavy atom. The van der Waals surface area contributed by atoms with E-state index in [0.29, 0.717) is 35.5 Å². The Morgan fingerprint density at radius 1 is 1.00 bits per heavy atom. The van der Waals surface area contributed by atoms with Crippen LogP contribution in [0.5, 0.6) is 0 Å². The summed E-state index contributed by atoms with van der Waals surface area (Å²) in [5, 5.41) is 0. The largest absolute Gasteiger partial charge is 0.378 e. The highest BCUT2D eigenvalue weighted by Gasteiger charge is 2.35. The third kappa shape index (κ3) is 2.40. The van der Waals surface area contributed by atoms with Crippen molar-refractivity contribution in [3.8, 4) is 0 Å². The summed E-state index contributed by atoms with van der Waals surface area (Å²) < 4.78 is 5.46. The minimum absolute atomic E-state index is 0.0347. The summed E-state index contributed by atoms with van der Waals surface area (Å²) in [7, 11) is 0. The Labute approximate surface area is 147 Å². The van der Waals surface area contributed by atoms with E-state index in [1.165, 1.54) is 0 Å². The van der Waals surface area contributed by atoms with Crippen LogP contribution in [0.2, 0.25) is 0 Å². The number of rotatable bonds is 2. The number of carbonyl (C=O) groups excluding carboxylic acids is 2. The Balaban J connectivity index is 1.99. The highest BCUT2D eigenvalue weighted by molar-refractivity contribution is 6.30. The fourth-order valence-electron chi connectivity index (χ4n) is 3.90. The molecule has 4 heteroatoms.